The highest BCUT2D eigenvalue weighted by molar-refractivity contribution is 6.00. The molecule has 2 saturated carbocycles. The van der Waals surface area contributed by atoms with Crippen LogP contribution in [-0.2, 0) is 18.4 Å². The summed E-state index contributed by atoms with van der Waals surface area (Å²) in [5, 5.41) is 1.08. The number of imidazole rings is 1. The van der Waals surface area contributed by atoms with Gasteiger partial charge in [-0.1, -0.05) is 6.58 Å². The molecule has 3 fully saturated rings. The smallest absolute Gasteiger partial charge is 0.254 e. The number of hydrogen-bond donors (Lipinski definition) is 1. The minimum atomic E-state index is -0.159. The molecule has 1 amide bonds. The number of nitrogens with zero attached hydrogens (tertiary/aromatic N) is 5. The Kier molecular flexibility index (Phi) is 5.82. The Morgan fingerprint density at radius 2 is 2.08 bits per heavy atom. The molecule has 40 heavy (non-hydrogen) atoms. The molecule has 1 saturated heterocycles. The Morgan fingerprint density at radius 1 is 1.25 bits per heavy atom. The van der Waals surface area contributed by atoms with Crippen molar-refractivity contribution < 1.29 is 14.3 Å². The van der Waals surface area contributed by atoms with E-state index in [1.165, 1.54) is 18.9 Å². The van der Waals surface area contributed by atoms with Crippen molar-refractivity contribution in [1.29, 1.82) is 0 Å². The zero-order valence-corrected chi connectivity index (χ0v) is 22.9. The van der Waals surface area contributed by atoms with Crippen LogP contribution in [0.5, 0.6) is 5.75 Å². The van der Waals surface area contributed by atoms with Crippen LogP contribution in [0.15, 0.2) is 49.2 Å². The molecule has 2 N–H and O–H groups in total. The number of pyridine rings is 1. The number of amides is 1. The molecule has 2 aliphatic carbocycles. The van der Waals surface area contributed by atoms with Gasteiger partial charge in [0.1, 0.15) is 16.9 Å². The number of ketones is 1. The summed E-state index contributed by atoms with van der Waals surface area (Å²) in [6.07, 6.45) is 6.90. The standard InChI is InChI=1S/C31H34N6O3/c1-4-22(38)11-19-10-21-16-37(27(19)26(21)32)31(39)20-12-23-28(25(14-20)40-3)35(2)30(34-23)24-13-18-6-5-9-33-29(18)36(24)15-17-7-8-17/h4-6,9,12-14,17,19,21,26-27H,1,7-8,10-11,15-16,32H2,2-3H3/t19-,21-,26-,27-/m1/s1. The number of nitrogens with two attached hydrogens (primary N) is 1. The van der Waals surface area contributed by atoms with Gasteiger partial charge in [-0.05, 0) is 73.4 Å². The van der Waals surface area contributed by atoms with Gasteiger partial charge in [-0.25, -0.2) is 9.97 Å². The number of aryl methyl sites for hydroxylation is 1. The fourth-order valence-corrected chi connectivity index (χ4v) is 7.08. The second kappa shape index (κ2) is 9.30. The van der Waals surface area contributed by atoms with E-state index in [1.807, 2.05) is 34.8 Å². The largest absolute Gasteiger partial charge is 0.494 e. The van der Waals surface area contributed by atoms with E-state index in [1.54, 1.807) is 13.2 Å². The molecular formula is C31H34N6O3. The van der Waals surface area contributed by atoms with Crippen LogP contribution in [0.25, 0.3) is 33.6 Å². The van der Waals surface area contributed by atoms with E-state index in [9.17, 15) is 9.59 Å². The Labute approximate surface area is 232 Å². The fourth-order valence-electron chi connectivity index (χ4n) is 7.08. The molecular weight excluding hydrogens is 504 g/mol. The summed E-state index contributed by atoms with van der Waals surface area (Å²) in [5.41, 5.74) is 10.6. The van der Waals surface area contributed by atoms with E-state index in [2.05, 4.69) is 28.3 Å². The maximum Gasteiger partial charge on any atom is 0.254 e. The molecule has 0 radical (unpaired) electrons. The van der Waals surface area contributed by atoms with Crippen LogP contribution in [0.1, 0.15) is 36.0 Å². The van der Waals surface area contributed by atoms with Crippen LogP contribution < -0.4 is 10.5 Å². The lowest BCUT2D eigenvalue weighted by Gasteiger charge is -2.33. The van der Waals surface area contributed by atoms with Gasteiger partial charge in [0.15, 0.2) is 11.6 Å². The minimum absolute atomic E-state index is 0.00412. The van der Waals surface area contributed by atoms with Crippen molar-refractivity contribution in [2.45, 2.75) is 44.3 Å². The highest BCUT2D eigenvalue weighted by atomic mass is 16.5. The summed E-state index contributed by atoms with van der Waals surface area (Å²) in [5.74, 6) is 2.22. The molecule has 1 aliphatic heterocycles. The first-order valence-corrected chi connectivity index (χ1v) is 14.1. The molecule has 4 aromatic rings. The van der Waals surface area contributed by atoms with Gasteiger partial charge in [0.05, 0.1) is 24.4 Å². The number of ether oxygens (including phenoxy) is 1. The number of piperidine rings is 1. The third-order valence-corrected chi connectivity index (χ3v) is 9.19. The third-order valence-electron chi connectivity index (χ3n) is 9.19. The van der Waals surface area contributed by atoms with Gasteiger partial charge in [0.25, 0.3) is 5.91 Å². The van der Waals surface area contributed by atoms with Gasteiger partial charge in [0, 0.05) is 49.7 Å². The van der Waals surface area contributed by atoms with Gasteiger partial charge in [0.2, 0.25) is 0 Å². The summed E-state index contributed by atoms with van der Waals surface area (Å²) in [4.78, 5) is 37.6. The van der Waals surface area contributed by atoms with E-state index in [-0.39, 0.29) is 35.6 Å². The third kappa shape index (κ3) is 3.86. The Balaban J connectivity index is 1.28. The van der Waals surface area contributed by atoms with Crippen LogP contribution in [0.2, 0.25) is 0 Å². The quantitative estimate of drug-likeness (QED) is 0.341. The summed E-state index contributed by atoms with van der Waals surface area (Å²) >= 11 is 0. The molecule has 0 spiro atoms. The molecule has 0 unspecified atom stereocenters. The van der Waals surface area contributed by atoms with E-state index in [0.717, 1.165) is 41.0 Å². The van der Waals surface area contributed by atoms with Crippen molar-refractivity contribution in [3.8, 4) is 17.3 Å². The number of benzene rings is 1. The second-order valence-electron chi connectivity index (χ2n) is 11.7. The van der Waals surface area contributed by atoms with Crippen molar-refractivity contribution in [3.05, 3.63) is 54.7 Å². The van der Waals surface area contributed by atoms with Gasteiger partial charge in [-0.15, -0.1) is 0 Å². The number of methoxy groups -OCH3 is 1. The van der Waals surface area contributed by atoms with E-state index >= 15 is 0 Å². The fraction of sp³-hybridized carbons (Fsp3) is 0.419. The number of likely N-dealkylation sites (tertiary alicyclic amines) is 1. The van der Waals surface area contributed by atoms with E-state index in [0.29, 0.717) is 35.7 Å². The highest BCUT2D eigenvalue weighted by Gasteiger charge is 2.52. The number of carbonyl (C=O) groups excluding carboxylic acids is 2. The summed E-state index contributed by atoms with van der Waals surface area (Å²) in [7, 11) is 3.61. The molecule has 4 heterocycles. The van der Waals surface area contributed by atoms with Crippen molar-refractivity contribution >= 4 is 33.8 Å². The predicted octanol–water partition coefficient (Wildman–Crippen LogP) is 3.94. The first-order chi connectivity index (χ1) is 19.4. The van der Waals surface area contributed by atoms with Gasteiger partial charge < -0.3 is 24.5 Å². The average Bonchev–Trinajstić information content (AvgIpc) is 3.40. The highest BCUT2D eigenvalue weighted by Crippen LogP contribution is 2.44. The second-order valence-corrected chi connectivity index (χ2v) is 11.7. The average molecular weight is 539 g/mol. The molecule has 2 bridgehead atoms. The molecule has 1 aromatic carbocycles. The molecule has 3 aliphatic rings. The Hall–Kier alpha value is -3.98. The van der Waals surface area contributed by atoms with Crippen LogP contribution in [0.3, 0.4) is 0 Å². The summed E-state index contributed by atoms with van der Waals surface area (Å²) < 4.78 is 10.1. The lowest BCUT2D eigenvalue weighted by molar-refractivity contribution is -0.115. The van der Waals surface area contributed by atoms with E-state index in [4.69, 9.17) is 15.5 Å². The number of fused-ring (bicyclic) bond motifs is 4. The maximum absolute atomic E-state index is 13.9. The predicted molar refractivity (Wildman–Crippen MR) is 153 cm³/mol. The molecule has 206 valence electrons. The Bertz CT molecular complexity index is 1680. The van der Waals surface area contributed by atoms with Crippen molar-refractivity contribution in [1.82, 2.24) is 24.0 Å². The van der Waals surface area contributed by atoms with Crippen LogP contribution in [0, 0.1) is 17.8 Å². The SMILES string of the molecule is C=CC(=O)C[C@H]1C[C@@H]2CN(C(=O)c3cc(OC)c4c(c3)nc(-c3cc5cccnc5n3CC3CC3)n4C)[C@H]1[C@@H]2N. The van der Waals surface area contributed by atoms with Gasteiger partial charge >= 0.3 is 0 Å². The van der Waals surface area contributed by atoms with Crippen molar-refractivity contribution in [2.75, 3.05) is 13.7 Å². The first kappa shape index (κ1) is 25.0. The topological polar surface area (TPSA) is 108 Å². The lowest BCUT2D eigenvalue weighted by Crippen LogP contribution is -2.46. The first-order valence-electron chi connectivity index (χ1n) is 14.1. The lowest BCUT2D eigenvalue weighted by atomic mass is 9.92. The van der Waals surface area contributed by atoms with Gasteiger partial charge in [-0.2, -0.15) is 0 Å². The van der Waals surface area contributed by atoms with E-state index < -0.39 is 0 Å². The number of allylic oxidation sites excluding steroid dienone is 1. The van der Waals surface area contributed by atoms with Crippen LogP contribution in [-0.4, -0.2) is 61.4 Å². The molecule has 7 rings (SSSR count). The maximum atomic E-state index is 13.9. The van der Waals surface area contributed by atoms with Crippen LogP contribution >= 0.6 is 0 Å². The number of carbonyl (C=O) groups is 2. The molecule has 9 heteroatoms. The van der Waals surface area contributed by atoms with Gasteiger partial charge in [-0.3, -0.25) is 9.59 Å². The Morgan fingerprint density at radius 3 is 2.80 bits per heavy atom. The van der Waals surface area contributed by atoms with Crippen LogP contribution in [0.4, 0.5) is 0 Å². The van der Waals surface area contributed by atoms with Crippen molar-refractivity contribution in [2.24, 2.45) is 30.5 Å². The number of aromatic nitrogens is 4. The zero-order valence-electron chi connectivity index (χ0n) is 22.9. The zero-order chi connectivity index (χ0) is 27.7. The minimum Gasteiger partial charge on any atom is -0.494 e. The molecule has 3 aromatic heterocycles. The number of rotatable bonds is 8. The molecule has 9 nitrogen and oxygen atoms in total. The monoisotopic (exact) mass is 538 g/mol. The number of hydrogen-bond acceptors (Lipinski definition) is 6. The molecule has 4 atom stereocenters. The van der Waals surface area contributed by atoms with Crippen molar-refractivity contribution in [3.63, 3.8) is 0 Å². The summed E-state index contributed by atoms with van der Waals surface area (Å²) in [6.45, 7) is 5.12. The normalized spacial score (nSPS) is 23.8. The summed E-state index contributed by atoms with van der Waals surface area (Å²) in [6, 6.07) is 9.57.